The van der Waals surface area contributed by atoms with Crippen molar-refractivity contribution in [2.45, 2.75) is 31.0 Å². The summed E-state index contributed by atoms with van der Waals surface area (Å²) in [5.74, 6) is 0.407. The average Bonchev–Trinajstić information content (AvgIpc) is 2.28. The van der Waals surface area contributed by atoms with E-state index < -0.39 is 11.7 Å². The Kier molecular flexibility index (Phi) is 2.81. The smallest absolute Gasteiger partial charge is 0.410 e. The third-order valence-electron chi connectivity index (χ3n) is 3.32. The highest BCUT2D eigenvalue weighted by Crippen LogP contribution is 2.45. The van der Waals surface area contributed by atoms with Crippen molar-refractivity contribution in [1.82, 2.24) is 0 Å². The van der Waals surface area contributed by atoms with E-state index in [0.29, 0.717) is 24.2 Å². The van der Waals surface area contributed by atoms with Crippen LogP contribution >= 0.6 is 0 Å². The van der Waals surface area contributed by atoms with Gasteiger partial charge in [0.1, 0.15) is 11.3 Å². The molecule has 94 valence electrons. The molecule has 1 unspecified atom stereocenters. The first-order valence-corrected chi connectivity index (χ1v) is 5.41. The van der Waals surface area contributed by atoms with E-state index in [1.807, 2.05) is 0 Å². The molecule has 0 saturated heterocycles. The van der Waals surface area contributed by atoms with Gasteiger partial charge < -0.3 is 10.5 Å². The van der Waals surface area contributed by atoms with Crippen molar-refractivity contribution in [3.05, 3.63) is 29.3 Å². The fourth-order valence-electron chi connectivity index (χ4n) is 2.30. The highest BCUT2D eigenvalue weighted by molar-refractivity contribution is 5.42. The lowest BCUT2D eigenvalue weighted by Gasteiger charge is -2.37. The van der Waals surface area contributed by atoms with Crippen LogP contribution in [0.3, 0.4) is 0 Å². The van der Waals surface area contributed by atoms with Gasteiger partial charge in [-0.2, -0.15) is 13.2 Å². The monoisotopic (exact) mass is 245 g/mol. The van der Waals surface area contributed by atoms with Crippen LogP contribution < -0.4 is 10.5 Å². The summed E-state index contributed by atoms with van der Waals surface area (Å²) in [6, 6.07) is 4.74. The van der Waals surface area contributed by atoms with Crippen molar-refractivity contribution < 1.29 is 17.9 Å². The summed E-state index contributed by atoms with van der Waals surface area (Å²) in [5.41, 5.74) is 4.16. The minimum Gasteiger partial charge on any atom is -0.497 e. The van der Waals surface area contributed by atoms with Gasteiger partial charge in [-0.1, -0.05) is 6.07 Å². The highest BCUT2D eigenvalue weighted by Gasteiger charge is 2.54. The molecule has 1 atom stereocenters. The van der Waals surface area contributed by atoms with E-state index in [0.717, 1.165) is 0 Å². The third kappa shape index (κ3) is 1.88. The van der Waals surface area contributed by atoms with E-state index in [9.17, 15) is 13.2 Å². The normalized spacial score (nSPS) is 24.3. The van der Waals surface area contributed by atoms with E-state index >= 15 is 0 Å². The molecule has 0 heterocycles. The number of fused-ring (bicyclic) bond motifs is 1. The fourth-order valence-corrected chi connectivity index (χ4v) is 2.30. The second kappa shape index (κ2) is 3.91. The maximum atomic E-state index is 13.1. The van der Waals surface area contributed by atoms with Gasteiger partial charge in [-0.05, 0) is 42.5 Å². The third-order valence-corrected chi connectivity index (χ3v) is 3.32. The number of hydrogen-bond acceptors (Lipinski definition) is 2. The summed E-state index contributed by atoms with van der Waals surface area (Å²) in [5, 5.41) is 0. The zero-order chi connectivity index (χ0) is 12.7. The number of ether oxygens (including phenoxy) is 1. The molecule has 1 aliphatic rings. The van der Waals surface area contributed by atoms with Crippen LogP contribution in [0.25, 0.3) is 0 Å². The number of aryl methyl sites for hydroxylation is 1. The summed E-state index contributed by atoms with van der Waals surface area (Å²) in [6.07, 6.45) is -3.42. The molecule has 0 spiro atoms. The van der Waals surface area contributed by atoms with E-state index in [1.54, 1.807) is 12.1 Å². The first-order valence-electron chi connectivity index (χ1n) is 5.41. The van der Waals surface area contributed by atoms with Gasteiger partial charge in [0.2, 0.25) is 0 Å². The number of methoxy groups -OCH3 is 1. The molecule has 0 bridgehead atoms. The molecule has 2 N–H and O–H groups in total. The SMILES string of the molecule is COc1ccc2c(c1)C(N)(C(F)(F)F)CCC2. The van der Waals surface area contributed by atoms with Crippen LogP contribution in [0.2, 0.25) is 0 Å². The Morgan fingerprint density at radius 3 is 2.65 bits per heavy atom. The molecule has 0 radical (unpaired) electrons. The fraction of sp³-hybridized carbons (Fsp3) is 0.500. The van der Waals surface area contributed by atoms with Crippen LogP contribution in [0.5, 0.6) is 5.75 Å². The Bertz CT molecular complexity index is 430. The molecule has 2 nitrogen and oxygen atoms in total. The number of halogens is 3. The lowest BCUT2D eigenvalue weighted by molar-refractivity contribution is -0.193. The molecular formula is C12H14F3NO. The van der Waals surface area contributed by atoms with E-state index in [-0.39, 0.29) is 12.0 Å². The van der Waals surface area contributed by atoms with Crippen molar-refractivity contribution in [2.24, 2.45) is 5.73 Å². The molecule has 2 rings (SSSR count). The molecule has 1 aliphatic carbocycles. The maximum absolute atomic E-state index is 13.1. The summed E-state index contributed by atoms with van der Waals surface area (Å²) in [4.78, 5) is 0. The molecule has 0 aliphatic heterocycles. The first kappa shape index (κ1) is 12.2. The van der Waals surface area contributed by atoms with E-state index in [2.05, 4.69) is 0 Å². The van der Waals surface area contributed by atoms with Crippen LogP contribution in [0.4, 0.5) is 13.2 Å². The Morgan fingerprint density at radius 2 is 2.06 bits per heavy atom. The topological polar surface area (TPSA) is 35.2 Å². The zero-order valence-electron chi connectivity index (χ0n) is 9.47. The van der Waals surface area contributed by atoms with Crippen LogP contribution in [-0.2, 0) is 12.0 Å². The van der Waals surface area contributed by atoms with Gasteiger partial charge in [0.25, 0.3) is 0 Å². The summed E-state index contributed by atoms with van der Waals surface area (Å²) in [7, 11) is 1.43. The van der Waals surface area contributed by atoms with Crippen molar-refractivity contribution in [2.75, 3.05) is 7.11 Å². The maximum Gasteiger partial charge on any atom is 0.410 e. The molecule has 17 heavy (non-hydrogen) atoms. The summed E-state index contributed by atoms with van der Waals surface area (Å²) >= 11 is 0. The molecule has 0 fully saturated rings. The second-order valence-corrected chi connectivity index (χ2v) is 4.35. The Morgan fingerprint density at radius 1 is 1.35 bits per heavy atom. The van der Waals surface area contributed by atoms with Crippen LogP contribution in [-0.4, -0.2) is 13.3 Å². The van der Waals surface area contributed by atoms with E-state index in [4.69, 9.17) is 10.5 Å². The quantitative estimate of drug-likeness (QED) is 0.825. The van der Waals surface area contributed by atoms with Gasteiger partial charge in [-0.3, -0.25) is 0 Å². The number of alkyl halides is 3. The molecule has 5 heteroatoms. The summed E-state index contributed by atoms with van der Waals surface area (Å²) < 4.78 is 44.2. The van der Waals surface area contributed by atoms with Crippen molar-refractivity contribution >= 4 is 0 Å². The number of nitrogens with two attached hydrogens (primary N) is 1. The van der Waals surface area contributed by atoms with Gasteiger partial charge in [-0.25, -0.2) is 0 Å². The molecule has 1 aromatic carbocycles. The number of benzene rings is 1. The van der Waals surface area contributed by atoms with Gasteiger partial charge in [-0.15, -0.1) is 0 Å². The van der Waals surface area contributed by atoms with E-state index in [1.165, 1.54) is 13.2 Å². The lowest BCUT2D eigenvalue weighted by Crippen LogP contribution is -2.52. The Balaban J connectivity index is 2.56. The van der Waals surface area contributed by atoms with Gasteiger partial charge in [0.05, 0.1) is 7.11 Å². The molecule has 1 aromatic rings. The molecule has 0 aromatic heterocycles. The van der Waals surface area contributed by atoms with Gasteiger partial charge in [0, 0.05) is 0 Å². The Hall–Kier alpha value is -1.23. The average molecular weight is 245 g/mol. The standard InChI is InChI=1S/C12H14F3NO/c1-17-9-5-4-8-3-2-6-11(16,10(8)7-9)12(13,14)15/h4-5,7H,2-3,6,16H2,1H3. The minimum absolute atomic E-state index is 0.0728. The second-order valence-electron chi connectivity index (χ2n) is 4.35. The van der Waals surface area contributed by atoms with Crippen LogP contribution in [0.1, 0.15) is 24.0 Å². The van der Waals surface area contributed by atoms with Crippen LogP contribution in [0, 0.1) is 0 Å². The number of hydrogen-bond donors (Lipinski definition) is 1. The Labute approximate surface area is 97.6 Å². The molecule has 0 saturated carbocycles. The predicted molar refractivity (Wildman–Crippen MR) is 57.9 cm³/mol. The summed E-state index contributed by atoms with van der Waals surface area (Å²) in [6.45, 7) is 0. The minimum atomic E-state index is -4.44. The first-order chi connectivity index (χ1) is 7.88. The lowest BCUT2D eigenvalue weighted by atomic mass is 9.76. The number of rotatable bonds is 1. The highest BCUT2D eigenvalue weighted by atomic mass is 19.4. The zero-order valence-corrected chi connectivity index (χ0v) is 9.47. The van der Waals surface area contributed by atoms with Gasteiger partial charge in [0.15, 0.2) is 0 Å². The molecular weight excluding hydrogens is 231 g/mol. The van der Waals surface area contributed by atoms with Crippen LogP contribution in [0.15, 0.2) is 18.2 Å². The van der Waals surface area contributed by atoms with Crippen molar-refractivity contribution in [3.63, 3.8) is 0 Å². The van der Waals surface area contributed by atoms with Gasteiger partial charge >= 0.3 is 6.18 Å². The van der Waals surface area contributed by atoms with Crippen molar-refractivity contribution in [3.8, 4) is 5.75 Å². The largest absolute Gasteiger partial charge is 0.497 e. The van der Waals surface area contributed by atoms with Crippen molar-refractivity contribution in [1.29, 1.82) is 0 Å². The molecule has 0 amide bonds. The predicted octanol–water partition coefficient (Wildman–Crippen LogP) is 2.75.